The maximum atomic E-state index is 6.21. The molecule has 50 heavy (non-hydrogen) atoms. The fourth-order valence-electron chi connectivity index (χ4n) is 8.48. The third-order valence-electron chi connectivity index (χ3n) is 10.8. The first kappa shape index (κ1) is 28.1. The summed E-state index contributed by atoms with van der Waals surface area (Å²) < 4.78 is 6.21. The fraction of sp³-hybridized carbons (Fsp3) is 0.0417. The van der Waals surface area contributed by atoms with Crippen LogP contribution >= 0.6 is 11.8 Å². The van der Waals surface area contributed by atoms with E-state index in [0.717, 1.165) is 17.6 Å². The highest BCUT2D eigenvalue weighted by atomic mass is 32.2. The van der Waals surface area contributed by atoms with Gasteiger partial charge in [0.15, 0.2) is 0 Å². The molecule has 234 valence electrons. The Balaban J connectivity index is 0.968. The molecule has 0 saturated heterocycles. The Morgan fingerprint density at radius 3 is 1.74 bits per heavy atom. The fourth-order valence-corrected chi connectivity index (χ4v) is 9.73. The minimum Gasteiger partial charge on any atom is -0.456 e. The summed E-state index contributed by atoms with van der Waals surface area (Å²) in [5, 5.41) is 10.0. The molecule has 1 unspecified atom stereocenters. The van der Waals surface area contributed by atoms with Crippen molar-refractivity contribution in [1.82, 2.24) is 0 Å². The van der Waals surface area contributed by atoms with Gasteiger partial charge in [-0.25, -0.2) is 0 Å². The van der Waals surface area contributed by atoms with E-state index in [1.54, 1.807) is 0 Å². The van der Waals surface area contributed by atoms with Crippen LogP contribution in [0.4, 0.5) is 0 Å². The minimum atomic E-state index is 0.384. The summed E-state index contributed by atoms with van der Waals surface area (Å²) in [6.45, 7) is 0. The number of fused-ring (bicyclic) bond motifs is 9. The number of allylic oxidation sites excluding steroid dienone is 4. The molecule has 0 N–H and O–H groups in total. The second-order valence-electron chi connectivity index (χ2n) is 13.6. The molecule has 2 aliphatic rings. The van der Waals surface area contributed by atoms with Crippen LogP contribution in [-0.4, -0.2) is 0 Å². The van der Waals surface area contributed by atoms with E-state index in [1.165, 1.54) is 91.8 Å². The Labute approximate surface area is 294 Å². The smallest absolute Gasteiger partial charge is 0.136 e. The molecular weight excluding hydrogens is 625 g/mol. The maximum absolute atomic E-state index is 6.21. The predicted molar refractivity (Wildman–Crippen MR) is 213 cm³/mol. The van der Waals surface area contributed by atoms with Crippen molar-refractivity contribution < 1.29 is 4.42 Å². The van der Waals surface area contributed by atoms with E-state index < -0.39 is 0 Å². The summed E-state index contributed by atoms with van der Waals surface area (Å²) in [7, 11) is 0. The van der Waals surface area contributed by atoms with Crippen molar-refractivity contribution >= 4 is 71.6 Å². The van der Waals surface area contributed by atoms with E-state index in [2.05, 4.69) is 158 Å². The number of benzene rings is 8. The van der Waals surface area contributed by atoms with Crippen LogP contribution in [-0.2, 0) is 0 Å². The highest BCUT2D eigenvalue weighted by Crippen LogP contribution is 2.55. The Morgan fingerprint density at radius 1 is 0.460 bits per heavy atom. The number of thioether (sulfide) groups is 1. The first-order valence-electron chi connectivity index (χ1n) is 17.3. The number of hydrogen-bond acceptors (Lipinski definition) is 2. The van der Waals surface area contributed by atoms with Crippen LogP contribution in [0.25, 0.3) is 82.1 Å². The van der Waals surface area contributed by atoms with Crippen molar-refractivity contribution in [2.45, 2.75) is 17.2 Å². The summed E-state index contributed by atoms with van der Waals surface area (Å²) in [4.78, 5) is 2.81. The number of furan rings is 1. The second-order valence-corrected chi connectivity index (χ2v) is 14.7. The van der Waals surface area contributed by atoms with E-state index in [4.69, 9.17) is 4.42 Å². The molecule has 8 aromatic carbocycles. The third-order valence-corrected chi connectivity index (χ3v) is 12.1. The molecule has 11 rings (SSSR count). The van der Waals surface area contributed by atoms with Crippen LogP contribution in [0.2, 0.25) is 0 Å². The van der Waals surface area contributed by atoms with Crippen LogP contribution in [0.1, 0.15) is 23.5 Å². The molecule has 1 aliphatic heterocycles. The Bertz CT molecular complexity index is 2850. The van der Waals surface area contributed by atoms with Gasteiger partial charge in [-0.3, -0.25) is 0 Å². The quantitative estimate of drug-likeness (QED) is 0.176. The zero-order valence-corrected chi connectivity index (χ0v) is 28.0. The number of rotatable bonds is 3. The normalized spacial score (nSPS) is 15.5. The molecule has 9 aromatic rings. The topological polar surface area (TPSA) is 13.1 Å². The molecule has 1 nitrogen and oxygen atoms in total. The van der Waals surface area contributed by atoms with Crippen LogP contribution < -0.4 is 0 Å². The lowest BCUT2D eigenvalue weighted by molar-refractivity contribution is 0.669. The SMILES string of the molecule is C1=C(c2ccc(-c3c4ccccc4c(-c4ccccc4)c4ccccc34)cc2)CC2C(=C1)Sc1cc3cc4oc5ccccc5c4cc3cc12. The largest absolute Gasteiger partial charge is 0.456 e. The lowest BCUT2D eigenvalue weighted by Gasteiger charge is -2.21. The Hall–Kier alpha value is -5.83. The predicted octanol–water partition coefficient (Wildman–Crippen LogP) is 13.9. The molecule has 0 radical (unpaired) electrons. The van der Waals surface area contributed by atoms with Gasteiger partial charge in [-0.1, -0.05) is 145 Å². The average Bonchev–Trinajstić information content (AvgIpc) is 3.72. The van der Waals surface area contributed by atoms with Gasteiger partial charge in [0, 0.05) is 21.6 Å². The van der Waals surface area contributed by atoms with Crippen LogP contribution in [0.3, 0.4) is 0 Å². The molecule has 1 atom stereocenters. The lowest BCUT2D eigenvalue weighted by Crippen LogP contribution is -2.02. The lowest BCUT2D eigenvalue weighted by atomic mass is 9.83. The monoisotopic (exact) mass is 654 g/mol. The van der Waals surface area contributed by atoms with Crippen molar-refractivity contribution in [2.24, 2.45) is 0 Å². The van der Waals surface area contributed by atoms with Crippen LogP contribution in [0.5, 0.6) is 0 Å². The first-order valence-corrected chi connectivity index (χ1v) is 18.2. The molecule has 1 aromatic heterocycles. The van der Waals surface area contributed by atoms with Gasteiger partial charge in [-0.2, -0.15) is 0 Å². The highest BCUT2D eigenvalue weighted by molar-refractivity contribution is 8.03. The molecular formula is C48H30OS. The van der Waals surface area contributed by atoms with Gasteiger partial charge >= 0.3 is 0 Å². The van der Waals surface area contributed by atoms with Crippen molar-refractivity contribution in [1.29, 1.82) is 0 Å². The van der Waals surface area contributed by atoms with Gasteiger partial charge in [-0.15, -0.1) is 0 Å². The van der Waals surface area contributed by atoms with Gasteiger partial charge in [0.25, 0.3) is 0 Å². The molecule has 0 saturated carbocycles. The van der Waals surface area contributed by atoms with Gasteiger partial charge < -0.3 is 4.42 Å². The minimum absolute atomic E-state index is 0.384. The zero-order valence-electron chi connectivity index (χ0n) is 27.2. The van der Waals surface area contributed by atoms with Gasteiger partial charge in [0.1, 0.15) is 11.2 Å². The van der Waals surface area contributed by atoms with Crippen LogP contribution in [0, 0.1) is 0 Å². The van der Waals surface area contributed by atoms with Gasteiger partial charge in [0.05, 0.1) is 0 Å². The molecule has 2 heteroatoms. The molecule has 0 spiro atoms. The summed E-state index contributed by atoms with van der Waals surface area (Å²) in [6, 6.07) is 55.6. The average molecular weight is 655 g/mol. The molecule has 0 amide bonds. The zero-order chi connectivity index (χ0) is 32.8. The Kier molecular flexibility index (Phi) is 6.08. The van der Waals surface area contributed by atoms with Gasteiger partial charge in [0.2, 0.25) is 0 Å². The van der Waals surface area contributed by atoms with E-state index in [-0.39, 0.29) is 0 Å². The standard InChI is InChI=1S/C48H30OS/c1-2-10-30(11-3-1)47-36-13-4-6-15-38(36)48(39-16-7-5-14-37(39)47)31-20-18-29(19-21-31)32-22-23-45-41(24-32)42-26-33-25-40-35-12-8-9-17-43(35)49-44(40)27-34(33)28-46(42)50-45/h1-23,25-28,41H,24H2. The number of hydrogen-bond donors (Lipinski definition) is 0. The molecule has 1 aliphatic carbocycles. The van der Waals surface area contributed by atoms with Crippen molar-refractivity contribution in [3.63, 3.8) is 0 Å². The molecule has 2 heterocycles. The maximum Gasteiger partial charge on any atom is 0.136 e. The molecule has 0 fully saturated rings. The third kappa shape index (κ3) is 4.22. The van der Waals surface area contributed by atoms with Crippen LogP contribution in [0.15, 0.2) is 178 Å². The summed E-state index contributed by atoms with van der Waals surface area (Å²) in [5.74, 6) is 0.384. The first-order chi connectivity index (χ1) is 24.8. The summed E-state index contributed by atoms with van der Waals surface area (Å²) in [6.07, 6.45) is 5.71. The summed E-state index contributed by atoms with van der Waals surface area (Å²) >= 11 is 1.93. The van der Waals surface area contributed by atoms with Crippen molar-refractivity contribution in [3.05, 3.63) is 180 Å². The highest BCUT2D eigenvalue weighted by Gasteiger charge is 2.31. The van der Waals surface area contributed by atoms with E-state index in [1.807, 2.05) is 17.8 Å². The Morgan fingerprint density at radius 2 is 1.04 bits per heavy atom. The van der Waals surface area contributed by atoms with E-state index in [9.17, 15) is 0 Å². The van der Waals surface area contributed by atoms with E-state index in [0.29, 0.717) is 5.92 Å². The van der Waals surface area contributed by atoms with E-state index >= 15 is 0 Å². The second kappa shape index (κ2) is 10.8. The van der Waals surface area contributed by atoms with Crippen molar-refractivity contribution in [3.8, 4) is 22.3 Å². The number of para-hydroxylation sites is 1. The summed E-state index contributed by atoms with van der Waals surface area (Å²) in [5.41, 5.74) is 11.1. The van der Waals surface area contributed by atoms with Crippen molar-refractivity contribution in [2.75, 3.05) is 0 Å². The molecule has 0 bridgehead atoms. The van der Waals surface area contributed by atoms with Gasteiger partial charge in [-0.05, 0) is 113 Å².